The first-order valence-corrected chi connectivity index (χ1v) is 8.62. The molecule has 0 saturated heterocycles. The van der Waals surface area contributed by atoms with Crippen LogP contribution in [-0.2, 0) is 10.0 Å². The normalized spacial score (nSPS) is 17.7. The summed E-state index contributed by atoms with van der Waals surface area (Å²) < 4.78 is 27.2. The molecule has 1 saturated carbocycles. The van der Waals surface area contributed by atoms with Crippen LogP contribution in [0.25, 0.3) is 0 Å². The molecule has 0 spiro atoms. The van der Waals surface area contributed by atoms with Gasteiger partial charge >= 0.3 is 0 Å². The Morgan fingerprint density at radius 2 is 2.16 bits per heavy atom. The molecule has 19 heavy (non-hydrogen) atoms. The number of nitrogens with zero attached hydrogens (tertiary/aromatic N) is 1. The Balaban J connectivity index is 2.41. The fraction of sp³-hybridized carbons (Fsp3) is 0.500. The molecule has 1 aromatic carbocycles. The Bertz CT molecular complexity index is 555. The van der Waals surface area contributed by atoms with Gasteiger partial charge in [-0.1, -0.05) is 17.7 Å². The Morgan fingerprint density at radius 1 is 1.53 bits per heavy atom. The van der Waals surface area contributed by atoms with E-state index in [2.05, 4.69) is 15.9 Å². The van der Waals surface area contributed by atoms with Gasteiger partial charge < -0.3 is 5.73 Å². The highest BCUT2D eigenvalue weighted by molar-refractivity contribution is 9.10. The van der Waals surface area contributed by atoms with E-state index in [-0.39, 0.29) is 16.0 Å². The molecule has 2 rings (SSSR count). The van der Waals surface area contributed by atoms with E-state index in [4.69, 9.17) is 17.3 Å². The lowest BCUT2D eigenvalue weighted by atomic mass is 10.2. The lowest BCUT2D eigenvalue weighted by molar-refractivity contribution is 0.340. The van der Waals surface area contributed by atoms with Crippen LogP contribution in [0.4, 0.5) is 0 Å². The maximum Gasteiger partial charge on any atom is 0.245 e. The van der Waals surface area contributed by atoms with Crippen molar-refractivity contribution in [3.05, 3.63) is 27.7 Å². The van der Waals surface area contributed by atoms with Crippen molar-refractivity contribution in [3.63, 3.8) is 0 Å². The summed E-state index contributed by atoms with van der Waals surface area (Å²) in [6.45, 7) is 0.322. The van der Waals surface area contributed by atoms with Gasteiger partial charge in [0.2, 0.25) is 10.0 Å². The first kappa shape index (κ1) is 15.3. The van der Waals surface area contributed by atoms with Gasteiger partial charge in [0.15, 0.2) is 0 Å². The Hall–Kier alpha value is -0.140. The van der Waals surface area contributed by atoms with E-state index in [1.54, 1.807) is 25.2 Å². The van der Waals surface area contributed by atoms with Crippen LogP contribution in [0.15, 0.2) is 27.6 Å². The summed E-state index contributed by atoms with van der Waals surface area (Å²) in [5.74, 6) is 0.367. The molecule has 0 amide bonds. The highest BCUT2D eigenvalue weighted by Crippen LogP contribution is 2.38. The molecule has 0 aliphatic heterocycles. The Kier molecular flexibility index (Phi) is 4.57. The van der Waals surface area contributed by atoms with Gasteiger partial charge in [0, 0.05) is 24.1 Å². The third-order valence-electron chi connectivity index (χ3n) is 3.43. The SMILES string of the molecule is CN(C(CN)C1CC1)S(=O)(=O)c1c(Cl)cccc1Br. The minimum absolute atomic E-state index is 0.110. The quantitative estimate of drug-likeness (QED) is 0.869. The fourth-order valence-electron chi connectivity index (χ4n) is 2.17. The van der Waals surface area contributed by atoms with Crippen LogP contribution in [-0.4, -0.2) is 32.4 Å². The second kappa shape index (κ2) is 5.69. The third-order valence-corrected chi connectivity index (χ3v) is 6.77. The molecular formula is C12H16BrClN2O2S. The number of benzene rings is 1. The molecule has 0 radical (unpaired) electrons. The van der Waals surface area contributed by atoms with Gasteiger partial charge in [0.05, 0.1) is 5.02 Å². The molecule has 0 heterocycles. The maximum absolute atomic E-state index is 12.7. The van der Waals surface area contributed by atoms with Crippen molar-refractivity contribution < 1.29 is 8.42 Å². The fourth-order valence-corrected chi connectivity index (χ4v) is 5.26. The average Bonchev–Trinajstić information content (AvgIpc) is 3.13. The summed E-state index contributed by atoms with van der Waals surface area (Å²) in [7, 11) is -2.07. The second-order valence-corrected chi connectivity index (χ2v) is 7.91. The van der Waals surface area contributed by atoms with Gasteiger partial charge in [-0.3, -0.25) is 0 Å². The minimum Gasteiger partial charge on any atom is -0.329 e. The van der Waals surface area contributed by atoms with Crippen molar-refractivity contribution in [1.29, 1.82) is 0 Å². The standard InChI is InChI=1S/C12H16BrClN2O2S/c1-16(11(7-15)8-5-6-8)19(17,18)12-9(13)3-2-4-10(12)14/h2-4,8,11H,5-7,15H2,1H3. The van der Waals surface area contributed by atoms with Crippen LogP contribution >= 0.6 is 27.5 Å². The summed E-state index contributed by atoms with van der Waals surface area (Å²) in [6, 6.07) is 4.78. The summed E-state index contributed by atoms with van der Waals surface area (Å²) in [4.78, 5) is 0.110. The van der Waals surface area contributed by atoms with E-state index in [1.165, 1.54) is 4.31 Å². The number of rotatable bonds is 5. The molecule has 4 nitrogen and oxygen atoms in total. The molecule has 1 aliphatic carbocycles. The molecule has 1 aromatic rings. The highest BCUT2D eigenvalue weighted by Gasteiger charge is 2.39. The molecule has 2 N–H and O–H groups in total. The summed E-state index contributed by atoms with van der Waals surface area (Å²) >= 11 is 9.29. The summed E-state index contributed by atoms with van der Waals surface area (Å²) in [6.07, 6.45) is 2.07. The van der Waals surface area contributed by atoms with Gasteiger partial charge in [-0.25, -0.2) is 8.42 Å². The van der Waals surface area contributed by atoms with Gasteiger partial charge in [-0.2, -0.15) is 4.31 Å². The Labute approximate surface area is 127 Å². The van der Waals surface area contributed by atoms with Crippen molar-refractivity contribution in [1.82, 2.24) is 4.31 Å². The summed E-state index contributed by atoms with van der Waals surface area (Å²) in [5, 5.41) is 0.216. The van der Waals surface area contributed by atoms with Crippen molar-refractivity contribution in [2.45, 2.75) is 23.8 Å². The second-order valence-electron chi connectivity index (χ2n) is 4.71. The molecule has 1 aliphatic rings. The average molecular weight is 368 g/mol. The minimum atomic E-state index is -3.64. The third kappa shape index (κ3) is 2.97. The maximum atomic E-state index is 12.7. The van der Waals surface area contributed by atoms with Gasteiger partial charge in [0.25, 0.3) is 0 Å². The van der Waals surface area contributed by atoms with Crippen LogP contribution < -0.4 is 5.73 Å². The molecule has 1 atom stereocenters. The lowest BCUT2D eigenvalue weighted by Gasteiger charge is -2.27. The number of likely N-dealkylation sites (N-methyl/N-ethyl adjacent to an activating group) is 1. The first-order valence-electron chi connectivity index (χ1n) is 6.01. The van der Waals surface area contributed by atoms with E-state index in [1.807, 2.05) is 0 Å². The van der Waals surface area contributed by atoms with Crippen molar-refractivity contribution in [2.75, 3.05) is 13.6 Å². The largest absolute Gasteiger partial charge is 0.329 e. The van der Waals surface area contributed by atoms with E-state index in [9.17, 15) is 8.42 Å². The molecule has 1 fully saturated rings. The van der Waals surface area contributed by atoms with E-state index in [0.29, 0.717) is 16.9 Å². The first-order chi connectivity index (χ1) is 8.89. The number of nitrogens with two attached hydrogens (primary N) is 1. The van der Waals surface area contributed by atoms with Crippen molar-refractivity contribution in [3.8, 4) is 0 Å². The van der Waals surface area contributed by atoms with Crippen LogP contribution in [0.2, 0.25) is 5.02 Å². The zero-order valence-corrected chi connectivity index (χ0v) is 13.7. The van der Waals surface area contributed by atoms with E-state index < -0.39 is 10.0 Å². The van der Waals surface area contributed by atoms with Crippen LogP contribution in [0.5, 0.6) is 0 Å². The van der Waals surface area contributed by atoms with Crippen LogP contribution in [0, 0.1) is 5.92 Å². The highest BCUT2D eigenvalue weighted by atomic mass is 79.9. The Morgan fingerprint density at radius 3 is 2.63 bits per heavy atom. The smallest absolute Gasteiger partial charge is 0.245 e. The molecule has 7 heteroatoms. The number of hydrogen-bond acceptors (Lipinski definition) is 3. The van der Waals surface area contributed by atoms with Gasteiger partial charge in [-0.15, -0.1) is 0 Å². The number of halogens is 2. The molecule has 106 valence electrons. The van der Waals surface area contributed by atoms with Crippen molar-refractivity contribution in [2.24, 2.45) is 11.7 Å². The predicted octanol–water partition coefficient (Wildman–Crippen LogP) is 2.46. The number of sulfonamides is 1. The molecule has 1 unspecified atom stereocenters. The number of hydrogen-bond donors (Lipinski definition) is 1. The van der Waals surface area contributed by atoms with Crippen LogP contribution in [0.3, 0.4) is 0 Å². The topological polar surface area (TPSA) is 63.4 Å². The lowest BCUT2D eigenvalue weighted by Crippen LogP contribution is -2.43. The molecule has 0 bridgehead atoms. The zero-order chi connectivity index (χ0) is 14.2. The summed E-state index contributed by atoms with van der Waals surface area (Å²) in [5.41, 5.74) is 5.71. The van der Waals surface area contributed by atoms with Crippen molar-refractivity contribution >= 4 is 37.6 Å². The van der Waals surface area contributed by atoms with Gasteiger partial charge in [-0.05, 0) is 46.8 Å². The molecule has 0 aromatic heterocycles. The van der Waals surface area contributed by atoms with Crippen LogP contribution in [0.1, 0.15) is 12.8 Å². The van der Waals surface area contributed by atoms with Gasteiger partial charge in [0.1, 0.15) is 4.90 Å². The monoisotopic (exact) mass is 366 g/mol. The molecular weight excluding hydrogens is 352 g/mol. The van der Waals surface area contributed by atoms with E-state index >= 15 is 0 Å². The zero-order valence-electron chi connectivity index (χ0n) is 10.5. The van der Waals surface area contributed by atoms with E-state index in [0.717, 1.165) is 12.8 Å². The predicted molar refractivity (Wildman–Crippen MR) is 79.7 cm³/mol.